The van der Waals surface area contributed by atoms with E-state index in [0.717, 1.165) is 45.0 Å². The first-order valence-electron chi connectivity index (χ1n) is 11.5. The van der Waals surface area contributed by atoms with Gasteiger partial charge in [0.15, 0.2) is 0 Å². The molecule has 0 saturated heterocycles. The summed E-state index contributed by atoms with van der Waals surface area (Å²) >= 11 is 0. The van der Waals surface area contributed by atoms with Gasteiger partial charge in [0.25, 0.3) is 5.72 Å². The van der Waals surface area contributed by atoms with Crippen molar-refractivity contribution in [2.75, 3.05) is 0 Å². The zero-order chi connectivity index (χ0) is 23.0. The lowest BCUT2D eigenvalue weighted by atomic mass is 9.93. The molecule has 0 atom stereocenters. The number of benzene rings is 4. The summed E-state index contributed by atoms with van der Waals surface area (Å²) in [6.45, 7) is 2.03. The molecule has 5 aromatic rings. The van der Waals surface area contributed by atoms with Crippen molar-refractivity contribution in [3.8, 4) is 11.3 Å². The Balaban J connectivity index is 1.73. The number of rotatable bonds is 3. The van der Waals surface area contributed by atoms with Gasteiger partial charge in [0.05, 0.1) is 11.4 Å². The highest BCUT2D eigenvalue weighted by Gasteiger charge is 2.44. The van der Waals surface area contributed by atoms with Crippen LogP contribution in [-0.2, 0) is 10.5 Å². The second-order valence-corrected chi connectivity index (χ2v) is 8.53. The summed E-state index contributed by atoms with van der Waals surface area (Å²) in [7, 11) is 0. The van der Waals surface area contributed by atoms with Crippen LogP contribution in [0, 0.1) is 6.92 Å². The van der Waals surface area contributed by atoms with Gasteiger partial charge in [-0.3, -0.25) is 0 Å². The molecule has 4 aromatic carbocycles. The predicted octanol–water partition coefficient (Wildman–Crippen LogP) is 7.14. The molecule has 164 valence electrons. The number of nitrogens with zero attached hydrogens (tertiary/aromatic N) is 2. The van der Waals surface area contributed by atoms with Crippen molar-refractivity contribution in [2.24, 2.45) is 0 Å². The minimum atomic E-state index is -0.980. The molecule has 0 aliphatic carbocycles. The molecule has 1 aliphatic heterocycles. The summed E-state index contributed by atoms with van der Waals surface area (Å²) in [5, 5.41) is 5.02. The molecule has 6 rings (SSSR count). The van der Waals surface area contributed by atoms with Crippen LogP contribution < -0.4 is 0 Å². The lowest BCUT2D eigenvalue weighted by Gasteiger charge is -2.36. The summed E-state index contributed by atoms with van der Waals surface area (Å²) in [6.07, 6.45) is 2.12. The Hall–Kier alpha value is -4.37. The summed E-state index contributed by atoms with van der Waals surface area (Å²) < 4.78 is 9.26. The van der Waals surface area contributed by atoms with E-state index >= 15 is 0 Å². The van der Waals surface area contributed by atoms with E-state index in [4.69, 9.17) is 9.84 Å². The Morgan fingerprint density at radius 1 is 0.676 bits per heavy atom. The lowest BCUT2D eigenvalue weighted by Crippen LogP contribution is -2.39. The molecule has 3 heteroatoms. The highest BCUT2D eigenvalue weighted by atomic mass is 16.5. The van der Waals surface area contributed by atoms with Gasteiger partial charge in [-0.1, -0.05) is 115 Å². The highest BCUT2D eigenvalue weighted by molar-refractivity contribution is 5.87. The molecule has 0 fully saturated rings. The van der Waals surface area contributed by atoms with Gasteiger partial charge in [0.1, 0.15) is 5.76 Å². The van der Waals surface area contributed by atoms with Gasteiger partial charge < -0.3 is 4.74 Å². The molecular weight excluding hydrogens is 416 g/mol. The molecule has 0 bridgehead atoms. The zero-order valence-electron chi connectivity index (χ0n) is 18.9. The topological polar surface area (TPSA) is 27.1 Å². The first-order valence-corrected chi connectivity index (χ1v) is 11.5. The summed E-state index contributed by atoms with van der Waals surface area (Å²) in [4.78, 5) is 0. The second kappa shape index (κ2) is 8.20. The third-order valence-electron chi connectivity index (χ3n) is 6.28. The minimum absolute atomic E-state index is 0.803. The summed E-state index contributed by atoms with van der Waals surface area (Å²) in [6, 6.07) is 41.6. The first-order chi connectivity index (χ1) is 16.8. The molecule has 34 heavy (non-hydrogen) atoms. The molecule has 1 aliphatic rings. The first kappa shape index (κ1) is 20.3. The Labute approximate surface area is 199 Å². The van der Waals surface area contributed by atoms with Gasteiger partial charge in [-0.2, -0.15) is 5.10 Å². The van der Waals surface area contributed by atoms with Crippen LogP contribution in [-0.4, -0.2) is 9.78 Å². The smallest absolute Gasteiger partial charge is 0.254 e. The monoisotopic (exact) mass is 440 g/mol. The molecule has 3 nitrogen and oxygen atoms in total. The maximum absolute atomic E-state index is 7.20. The Morgan fingerprint density at radius 3 is 1.82 bits per heavy atom. The van der Waals surface area contributed by atoms with Gasteiger partial charge in [-0.05, 0) is 24.6 Å². The van der Waals surface area contributed by atoms with E-state index in [-0.39, 0.29) is 0 Å². The molecular formula is C31H24N2O. The predicted molar refractivity (Wildman–Crippen MR) is 137 cm³/mol. The van der Waals surface area contributed by atoms with Crippen molar-refractivity contribution < 1.29 is 4.74 Å². The fraction of sp³-hybridized carbons (Fsp3) is 0.0645. The van der Waals surface area contributed by atoms with E-state index in [1.165, 1.54) is 0 Å². The van der Waals surface area contributed by atoms with Crippen LogP contribution in [0.1, 0.15) is 27.9 Å². The molecule has 0 saturated carbocycles. The normalized spacial score (nSPS) is 15.1. The van der Waals surface area contributed by atoms with Gasteiger partial charge >= 0.3 is 0 Å². The largest absolute Gasteiger partial charge is 0.457 e. The molecule has 0 unspecified atom stereocenters. The molecule has 0 amide bonds. The maximum Gasteiger partial charge on any atom is 0.254 e. The molecule has 0 N–H and O–H groups in total. The van der Waals surface area contributed by atoms with Gasteiger partial charge in [-0.25, -0.2) is 4.68 Å². The van der Waals surface area contributed by atoms with E-state index in [0.29, 0.717) is 0 Å². The van der Waals surface area contributed by atoms with Crippen molar-refractivity contribution in [2.45, 2.75) is 12.6 Å². The third kappa shape index (κ3) is 3.25. The van der Waals surface area contributed by atoms with E-state index < -0.39 is 5.72 Å². The van der Waals surface area contributed by atoms with Crippen molar-refractivity contribution in [1.29, 1.82) is 0 Å². The van der Waals surface area contributed by atoms with Crippen LogP contribution in [0.4, 0.5) is 0 Å². The summed E-state index contributed by atoms with van der Waals surface area (Å²) in [5.74, 6) is 0.803. The molecule has 0 spiro atoms. The van der Waals surface area contributed by atoms with Crippen LogP contribution >= 0.6 is 0 Å². The quantitative estimate of drug-likeness (QED) is 0.298. The van der Waals surface area contributed by atoms with Crippen LogP contribution in [0.15, 0.2) is 121 Å². The maximum atomic E-state index is 7.20. The minimum Gasteiger partial charge on any atom is -0.457 e. The van der Waals surface area contributed by atoms with Crippen LogP contribution in [0.25, 0.3) is 23.1 Å². The SMILES string of the molecule is Cc1cc2n(n1)C(c1ccccc1)(c1ccccc1)O/C(=C/c1ccccc1)c1ccccc1-2. The zero-order valence-corrected chi connectivity index (χ0v) is 18.9. The van der Waals surface area contributed by atoms with E-state index in [1.54, 1.807) is 0 Å². The Bertz CT molecular complexity index is 1430. The van der Waals surface area contributed by atoms with Gasteiger partial charge in [-0.15, -0.1) is 0 Å². The van der Waals surface area contributed by atoms with Crippen molar-refractivity contribution in [1.82, 2.24) is 9.78 Å². The van der Waals surface area contributed by atoms with Crippen molar-refractivity contribution >= 4 is 11.8 Å². The fourth-order valence-electron chi connectivity index (χ4n) is 4.78. The number of aryl methyl sites for hydroxylation is 1. The Kier molecular flexibility index (Phi) is 4.88. The standard InChI is InChI=1S/C31H24N2O/c1-23-21-29-27-19-11-12-20-28(27)30(22-24-13-5-2-6-14-24)34-31(33(29)32-23,25-15-7-3-8-16-25)26-17-9-4-10-18-26/h2-22H,1H3/b30-22+. The van der Waals surface area contributed by atoms with Crippen molar-refractivity contribution in [3.05, 3.63) is 149 Å². The van der Waals surface area contributed by atoms with E-state index in [9.17, 15) is 0 Å². The van der Waals surface area contributed by atoms with Crippen molar-refractivity contribution in [3.63, 3.8) is 0 Å². The Morgan fingerprint density at radius 2 is 1.21 bits per heavy atom. The van der Waals surface area contributed by atoms with Crippen LogP contribution in [0.2, 0.25) is 0 Å². The average Bonchev–Trinajstić information content (AvgIpc) is 3.25. The van der Waals surface area contributed by atoms with Gasteiger partial charge in [0, 0.05) is 22.3 Å². The number of hydrogen-bond donors (Lipinski definition) is 0. The molecule has 0 radical (unpaired) electrons. The number of fused-ring (bicyclic) bond motifs is 3. The lowest BCUT2D eigenvalue weighted by molar-refractivity contribution is 0.0390. The van der Waals surface area contributed by atoms with Crippen LogP contribution in [0.5, 0.6) is 0 Å². The third-order valence-corrected chi connectivity index (χ3v) is 6.28. The van der Waals surface area contributed by atoms with E-state index in [1.807, 2.05) is 37.3 Å². The van der Waals surface area contributed by atoms with E-state index in [2.05, 4.69) is 102 Å². The number of ether oxygens (including phenoxy) is 1. The summed E-state index contributed by atoms with van der Waals surface area (Å²) in [5.41, 5.74) is 6.23. The second-order valence-electron chi connectivity index (χ2n) is 8.53. The average molecular weight is 441 g/mol. The van der Waals surface area contributed by atoms with Gasteiger partial charge in [0.2, 0.25) is 0 Å². The number of aromatic nitrogens is 2. The molecule has 1 aromatic heterocycles. The number of hydrogen-bond acceptors (Lipinski definition) is 2. The highest BCUT2D eigenvalue weighted by Crippen LogP contribution is 2.47. The molecule has 2 heterocycles. The fourth-order valence-corrected chi connectivity index (χ4v) is 4.78. The van der Waals surface area contributed by atoms with Crippen LogP contribution in [0.3, 0.4) is 0 Å².